The molecule has 0 spiro atoms. The molecule has 0 aliphatic carbocycles. The highest BCUT2D eigenvalue weighted by molar-refractivity contribution is 5.92. The Kier molecular flexibility index (Phi) is 7.82. The van der Waals surface area contributed by atoms with Crippen molar-refractivity contribution < 1.29 is 14.3 Å². The van der Waals surface area contributed by atoms with Crippen LogP contribution in [0.3, 0.4) is 0 Å². The molecule has 1 atom stereocenters. The van der Waals surface area contributed by atoms with Crippen molar-refractivity contribution in [2.45, 2.75) is 12.8 Å². The number of amides is 2. The Bertz CT molecular complexity index is 732. The molecular formula is C21H27N3O3. The first-order valence-electron chi connectivity index (χ1n) is 8.92. The van der Waals surface area contributed by atoms with Gasteiger partial charge in [-0.2, -0.15) is 0 Å². The van der Waals surface area contributed by atoms with E-state index in [-0.39, 0.29) is 30.8 Å². The van der Waals surface area contributed by atoms with Crippen LogP contribution >= 0.6 is 0 Å². The number of nitrogens with zero attached hydrogens (tertiary/aromatic N) is 1. The number of carbonyl (C=O) groups is 2. The molecule has 0 saturated heterocycles. The largest absolute Gasteiger partial charge is 0.497 e. The smallest absolute Gasteiger partial charge is 0.238 e. The van der Waals surface area contributed by atoms with Crippen molar-refractivity contribution in [3.63, 3.8) is 0 Å². The molecule has 0 heterocycles. The van der Waals surface area contributed by atoms with Crippen molar-refractivity contribution >= 4 is 17.5 Å². The molecule has 2 aromatic rings. The van der Waals surface area contributed by atoms with Crippen LogP contribution in [0.4, 0.5) is 5.69 Å². The van der Waals surface area contributed by atoms with Gasteiger partial charge in [-0.3, -0.25) is 14.5 Å². The van der Waals surface area contributed by atoms with Crippen molar-refractivity contribution in [3.8, 4) is 5.75 Å². The van der Waals surface area contributed by atoms with Crippen LogP contribution < -0.4 is 15.4 Å². The monoisotopic (exact) mass is 369 g/mol. The summed E-state index contributed by atoms with van der Waals surface area (Å²) in [6.45, 7) is 2.93. The number of benzene rings is 2. The molecule has 2 aromatic carbocycles. The molecule has 0 unspecified atom stereocenters. The molecule has 2 rings (SSSR count). The molecule has 6 nitrogen and oxygen atoms in total. The van der Waals surface area contributed by atoms with Gasteiger partial charge < -0.3 is 15.4 Å². The quantitative estimate of drug-likeness (QED) is 0.712. The molecule has 0 saturated carbocycles. The highest BCUT2D eigenvalue weighted by Gasteiger charge is 2.12. The van der Waals surface area contributed by atoms with Gasteiger partial charge in [-0.15, -0.1) is 0 Å². The minimum atomic E-state index is -0.173. The summed E-state index contributed by atoms with van der Waals surface area (Å²) in [6.07, 6.45) is 0. The van der Waals surface area contributed by atoms with Gasteiger partial charge in [0.15, 0.2) is 0 Å². The summed E-state index contributed by atoms with van der Waals surface area (Å²) >= 11 is 0. The zero-order valence-electron chi connectivity index (χ0n) is 16.1. The van der Waals surface area contributed by atoms with Crippen LogP contribution in [0.5, 0.6) is 5.75 Å². The van der Waals surface area contributed by atoms with Crippen molar-refractivity contribution in [1.82, 2.24) is 10.2 Å². The van der Waals surface area contributed by atoms with Crippen LogP contribution in [-0.4, -0.2) is 50.5 Å². The first kappa shape index (κ1) is 20.5. The zero-order chi connectivity index (χ0) is 19.6. The van der Waals surface area contributed by atoms with Gasteiger partial charge in [0.05, 0.1) is 20.2 Å². The third kappa shape index (κ3) is 7.11. The molecule has 6 heteroatoms. The molecule has 0 aromatic heterocycles. The maximum Gasteiger partial charge on any atom is 0.238 e. The number of carbonyl (C=O) groups excluding carboxylic acids is 2. The van der Waals surface area contributed by atoms with Crippen LogP contribution in [0.1, 0.15) is 18.4 Å². The van der Waals surface area contributed by atoms with E-state index in [1.165, 1.54) is 5.56 Å². The number of hydrogen-bond donors (Lipinski definition) is 2. The first-order valence-corrected chi connectivity index (χ1v) is 8.92. The normalized spacial score (nSPS) is 11.7. The number of hydrogen-bond acceptors (Lipinski definition) is 4. The van der Waals surface area contributed by atoms with Gasteiger partial charge in [-0.1, -0.05) is 37.3 Å². The predicted molar refractivity (Wildman–Crippen MR) is 107 cm³/mol. The van der Waals surface area contributed by atoms with E-state index in [9.17, 15) is 9.59 Å². The fraction of sp³-hybridized carbons (Fsp3) is 0.333. The Labute approximate surface area is 160 Å². The summed E-state index contributed by atoms with van der Waals surface area (Å²) in [4.78, 5) is 25.9. The van der Waals surface area contributed by atoms with Crippen LogP contribution in [0.25, 0.3) is 0 Å². The third-order valence-corrected chi connectivity index (χ3v) is 4.17. The van der Waals surface area contributed by atoms with Crippen molar-refractivity contribution in [3.05, 3.63) is 60.2 Å². The number of rotatable bonds is 9. The molecule has 27 heavy (non-hydrogen) atoms. The van der Waals surface area contributed by atoms with E-state index < -0.39 is 0 Å². The fourth-order valence-corrected chi connectivity index (χ4v) is 2.64. The van der Waals surface area contributed by atoms with Gasteiger partial charge in [0.1, 0.15) is 5.75 Å². The van der Waals surface area contributed by atoms with E-state index in [4.69, 9.17) is 4.74 Å². The number of nitrogens with one attached hydrogen (secondary N) is 2. The van der Waals surface area contributed by atoms with Crippen LogP contribution in [0.15, 0.2) is 54.6 Å². The number of methoxy groups -OCH3 is 1. The highest BCUT2D eigenvalue weighted by atomic mass is 16.5. The molecular weight excluding hydrogens is 342 g/mol. The molecule has 0 aliphatic rings. The number of anilines is 1. The van der Waals surface area contributed by atoms with Gasteiger partial charge in [0.25, 0.3) is 0 Å². The highest BCUT2D eigenvalue weighted by Crippen LogP contribution is 2.15. The summed E-state index contributed by atoms with van der Waals surface area (Å²) in [6, 6.07) is 17.1. The topological polar surface area (TPSA) is 70.7 Å². The second-order valence-electron chi connectivity index (χ2n) is 6.56. The Morgan fingerprint density at radius 3 is 2.26 bits per heavy atom. The van der Waals surface area contributed by atoms with Gasteiger partial charge in [-0.25, -0.2) is 0 Å². The Morgan fingerprint density at radius 2 is 1.63 bits per heavy atom. The second kappa shape index (κ2) is 10.3. The summed E-state index contributed by atoms with van der Waals surface area (Å²) in [7, 11) is 3.34. The molecule has 0 radical (unpaired) electrons. The minimum Gasteiger partial charge on any atom is -0.497 e. The lowest BCUT2D eigenvalue weighted by molar-refractivity contribution is -0.123. The van der Waals surface area contributed by atoms with Crippen LogP contribution in [0.2, 0.25) is 0 Å². The van der Waals surface area contributed by atoms with E-state index in [2.05, 4.69) is 17.6 Å². The SMILES string of the molecule is COc1ccc(NC(=O)CN(C)CC(=O)NC[C@@H](C)c2ccccc2)cc1. The molecule has 0 bridgehead atoms. The van der Waals surface area contributed by atoms with Crippen molar-refractivity contribution in [1.29, 1.82) is 0 Å². The maximum absolute atomic E-state index is 12.1. The van der Waals surface area contributed by atoms with E-state index in [0.717, 1.165) is 5.75 Å². The average Bonchev–Trinajstić information content (AvgIpc) is 2.67. The number of likely N-dealkylation sites (N-methyl/N-ethyl adjacent to an activating group) is 1. The summed E-state index contributed by atoms with van der Waals surface area (Å²) in [5, 5.41) is 5.72. The fourth-order valence-electron chi connectivity index (χ4n) is 2.64. The average molecular weight is 369 g/mol. The van der Waals surface area contributed by atoms with E-state index >= 15 is 0 Å². The lowest BCUT2D eigenvalue weighted by atomic mass is 10.0. The summed E-state index contributed by atoms with van der Waals surface area (Å²) in [5.74, 6) is 0.691. The van der Waals surface area contributed by atoms with E-state index in [1.807, 2.05) is 30.3 Å². The Morgan fingerprint density at radius 1 is 1.00 bits per heavy atom. The molecule has 0 aliphatic heterocycles. The van der Waals surface area contributed by atoms with Crippen LogP contribution in [-0.2, 0) is 9.59 Å². The van der Waals surface area contributed by atoms with E-state index in [0.29, 0.717) is 12.2 Å². The predicted octanol–water partition coefficient (Wildman–Crippen LogP) is 2.49. The zero-order valence-corrected chi connectivity index (χ0v) is 16.1. The summed E-state index contributed by atoms with van der Waals surface area (Å²) < 4.78 is 5.08. The van der Waals surface area contributed by atoms with E-state index in [1.54, 1.807) is 43.3 Å². The minimum absolute atomic E-state index is 0.0995. The number of ether oxygens (including phenoxy) is 1. The lowest BCUT2D eigenvalue weighted by Gasteiger charge is -2.18. The van der Waals surface area contributed by atoms with Gasteiger partial charge in [0, 0.05) is 12.2 Å². The standard InChI is InChI=1S/C21H27N3O3/c1-16(17-7-5-4-6-8-17)13-22-20(25)14-24(2)15-21(26)23-18-9-11-19(27-3)12-10-18/h4-12,16H,13-15H2,1-3H3,(H,22,25)(H,23,26)/t16-/m1/s1. The molecule has 0 fully saturated rings. The Balaban J connectivity index is 1.71. The molecule has 144 valence electrons. The summed E-state index contributed by atoms with van der Waals surface area (Å²) in [5.41, 5.74) is 1.88. The first-order chi connectivity index (χ1) is 13.0. The molecule has 2 N–H and O–H groups in total. The van der Waals surface area contributed by atoms with Crippen LogP contribution in [0, 0.1) is 0 Å². The van der Waals surface area contributed by atoms with Crippen molar-refractivity contribution in [2.75, 3.05) is 39.1 Å². The Hall–Kier alpha value is -2.86. The van der Waals surface area contributed by atoms with Gasteiger partial charge in [0.2, 0.25) is 11.8 Å². The van der Waals surface area contributed by atoms with Gasteiger partial charge in [-0.05, 0) is 42.8 Å². The molecule has 2 amide bonds. The third-order valence-electron chi connectivity index (χ3n) is 4.17. The maximum atomic E-state index is 12.1. The van der Waals surface area contributed by atoms with Gasteiger partial charge >= 0.3 is 0 Å². The van der Waals surface area contributed by atoms with Crippen molar-refractivity contribution in [2.24, 2.45) is 0 Å². The second-order valence-corrected chi connectivity index (χ2v) is 6.56. The lowest BCUT2D eigenvalue weighted by Crippen LogP contribution is -2.39.